The number of rotatable bonds is 5. The molecule has 2 saturated carbocycles. The number of nitrogens with one attached hydrogen (secondary N) is 2. The van der Waals surface area contributed by atoms with Crippen LogP contribution in [0.25, 0.3) is 0 Å². The molecular weight excluding hydrogens is 218 g/mol. The van der Waals surface area contributed by atoms with Gasteiger partial charge in [-0.3, -0.25) is 9.59 Å². The first-order chi connectivity index (χ1) is 7.91. The molecule has 0 bridgehead atoms. The monoisotopic (exact) mass is 239 g/mol. The second-order valence-electron chi connectivity index (χ2n) is 5.53. The first-order valence-electron chi connectivity index (χ1n) is 6.31. The zero-order chi connectivity index (χ0) is 12.6. The summed E-state index contributed by atoms with van der Waals surface area (Å²) in [6.45, 7) is 3.43. The van der Waals surface area contributed by atoms with Gasteiger partial charge in [-0.2, -0.15) is 0 Å². The molecule has 2 atom stereocenters. The Bertz CT molecular complexity index is 333. The molecule has 0 aromatic rings. The van der Waals surface area contributed by atoms with E-state index in [0.29, 0.717) is 6.04 Å². The Morgan fingerprint density at radius 2 is 1.88 bits per heavy atom. The van der Waals surface area contributed by atoms with Gasteiger partial charge in [-0.1, -0.05) is 0 Å². The Balaban J connectivity index is 1.82. The van der Waals surface area contributed by atoms with Gasteiger partial charge < -0.3 is 16.4 Å². The van der Waals surface area contributed by atoms with Crippen LogP contribution in [0.2, 0.25) is 0 Å². The highest BCUT2D eigenvalue weighted by molar-refractivity contribution is 5.92. The number of hydrogen-bond acceptors (Lipinski definition) is 3. The smallest absolute Gasteiger partial charge is 0.242 e. The molecule has 5 heteroatoms. The van der Waals surface area contributed by atoms with E-state index in [1.54, 1.807) is 13.8 Å². The average Bonchev–Trinajstić information content (AvgIpc) is 3.10. The molecule has 0 heterocycles. The number of hydrogen-bond donors (Lipinski definition) is 3. The molecular formula is C12H21N3O2. The molecule has 17 heavy (non-hydrogen) atoms. The lowest BCUT2D eigenvalue weighted by atomic mass is 9.96. The van der Waals surface area contributed by atoms with Crippen LogP contribution in [-0.4, -0.2) is 29.4 Å². The minimum Gasteiger partial charge on any atom is -0.352 e. The van der Waals surface area contributed by atoms with E-state index in [1.807, 2.05) is 0 Å². The molecule has 0 aromatic carbocycles. The maximum absolute atomic E-state index is 11.9. The van der Waals surface area contributed by atoms with Crippen molar-refractivity contribution < 1.29 is 9.59 Å². The summed E-state index contributed by atoms with van der Waals surface area (Å²) in [7, 11) is 0. The quantitative estimate of drug-likeness (QED) is 0.626. The molecule has 2 unspecified atom stereocenters. The van der Waals surface area contributed by atoms with E-state index >= 15 is 0 Å². The summed E-state index contributed by atoms with van der Waals surface area (Å²) in [6, 6.07) is -0.195. The Kier molecular flexibility index (Phi) is 3.12. The molecule has 4 N–H and O–H groups in total. The number of nitrogens with two attached hydrogens (primary N) is 1. The van der Waals surface area contributed by atoms with Crippen LogP contribution in [0.5, 0.6) is 0 Å². The molecule has 0 spiro atoms. The van der Waals surface area contributed by atoms with Crippen molar-refractivity contribution in [1.82, 2.24) is 10.6 Å². The Hall–Kier alpha value is -1.10. The third-order valence-corrected chi connectivity index (χ3v) is 3.58. The van der Waals surface area contributed by atoms with E-state index in [0.717, 1.165) is 25.7 Å². The predicted molar refractivity (Wildman–Crippen MR) is 64.1 cm³/mol. The normalized spacial score (nSPS) is 24.6. The number of amides is 2. The summed E-state index contributed by atoms with van der Waals surface area (Å²) in [5, 5.41) is 5.56. The SMILES string of the molecule is CC(NC(=O)C(C)(N)C1CC1)C(=O)NC1CC1. The van der Waals surface area contributed by atoms with Gasteiger partial charge in [0.1, 0.15) is 6.04 Å². The summed E-state index contributed by atoms with van der Waals surface area (Å²) in [5.74, 6) is -0.0768. The van der Waals surface area contributed by atoms with Crippen molar-refractivity contribution in [3.63, 3.8) is 0 Å². The summed E-state index contributed by atoms with van der Waals surface area (Å²) >= 11 is 0. The number of carbonyl (C=O) groups excluding carboxylic acids is 2. The standard InChI is InChI=1S/C12H21N3O2/c1-7(10(16)15-9-5-6-9)14-11(17)12(2,13)8-3-4-8/h7-9H,3-6,13H2,1-2H3,(H,14,17)(H,15,16). The zero-order valence-corrected chi connectivity index (χ0v) is 10.5. The highest BCUT2D eigenvalue weighted by atomic mass is 16.2. The molecule has 2 fully saturated rings. The highest BCUT2D eigenvalue weighted by Crippen LogP contribution is 2.38. The van der Waals surface area contributed by atoms with Gasteiger partial charge in [-0.05, 0) is 45.4 Å². The van der Waals surface area contributed by atoms with Crippen molar-refractivity contribution in [1.29, 1.82) is 0 Å². The fourth-order valence-corrected chi connectivity index (χ4v) is 1.84. The van der Waals surface area contributed by atoms with Gasteiger partial charge in [0.25, 0.3) is 0 Å². The zero-order valence-electron chi connectivity index (χ0n) is 10.5. The molecule has 2 aliphatic carbocycles. The van der Waals surface area contributed by atoms with Crippen LogP contribution in [0.3, 0.4) is 0 Å². The van der Waals surface area contributed by atoms with E-state index < -0.39 is 11.6 Å². The first kappa shape index (κ1) is 12.4. The van der Waals surface area contributed by atoms with Crippen molar-refractivity contribution in [2.75, 3.05) is 0 Å². The van der Waals surface area contributed by atoms with Crippen LogP contribution in [0, 0.1) is 5.92 Å². The van der Waals surface area contributed by atoms with Gasteiger partial charge in [0.05, 0.1) is 5.54 Å². The summed E-state index contributed by atoms with van der Waals surface area (Å²) in [4.78, 5) is 23.6. The Labute approximate surface area is 102 Å². The van der Waals surface area contributed by atoms with Gasteiger partial charge in [0.15, 0.2) is 0 Å². The summed E-state index contributed by atoms with van der Waals surface area (Å²) in [5.41, 5.74) is 5.14. The summed E-state index contributed by atoms with van der Waals surface area (Å²) < 4.78 is 0. The maximum Gasteiger partial charge on any atom is 0.242 e. The van der Waals surface area contributed by atoms with E-state index in [1.165, 1.54) is 0 Å². The van der Waals surface area contributed by atoms with Crippen molar-refractivity contribution in [2.24, 2.45) is 11.7 Å². The van der Waals surface area contributed by atoms with Gasteiger partial charge in [-0.15, -0.1) is 0 Å². The largest absolute Gasteiger partial charge is 0.352 e. The molecule has 5 nitrogen and oxygen atoms in total. The van der Waals surface area contributed by atoms with Crippen LogP contribution in [0.15, 0.2) is 0 Å². The van der Waals surface area contributed by atoms with E-state index in [4.69, 9.17) is 5.73 Å². The fourth-order valence-electron chi connectivity index (χ4n) is 1.84. The lowest BCUT2D eigenvalue weighted by Crippen LogP contribution is -2.57. The molecule has 0 aromatic heterocycles. The van der Waals surface area contributed by atoms with Crippen molar-refractivity contribution in [3.8, 4) is 0 Å². The lowest BCUT2D eigenvalue weighted by Gasteiger charge is -2.25. The van der Waals surface area contributed by atoms with Crippen molar-refractivity contribution in [2.45, 2.75) is 57.2 Å². The first-order valence-corrected chi connectivity index (χ1v) is 6.31. The Morgan fingerprint density at radius 1 is 1.29 bits per heavy atom. The second kappa shape index (κ2) is 4.29. The van der Waals surface area contributed by atoms with Gasteiger partial charge >= 0.3 is 0 Å². The highest BCUT2D eigenvalue weighted by Gasteiger charge is 2.44. The molecule has 2 rings (SSSR count). The van der Waals surface area contributed by atoms with Crippen LogP contribution in [0.1, 0.15) is 39.5 Å². The number of carbonyl (C=O) groups is 2. The molecule has 96 valence electrons. The van der Waals surface area contributed by atoms with E-state index in [-0.39, 0.29) is 17.7 Å². The second-order valence-corrected chi connectivity index (χ2v) is 5.53. The topological polar surface area (TPSA) is 84.2 Å². The van der Waals surface area contributed by atoms with Gasteiger partial charge in [0.2, 0.25) is 11.8 Å². The summed E-state index contributed by atoms with van der Waals surface area (Å²) in [6.07, 6.45) is 4.10. The van der Waals surface area contributed by atoms with E-state index in [9.17, 15) is 9.59 Å². The average molecular weight is 239 g/mol. The molecule has 2 amide bonds. The van der Waals surface area contributed by atoms with Crippen LogP contribution in [-0.2, 0) is 9.59 Å². The minimum atomic E-state index is -0.839. The van der Waals surface area contributed by atoms with Crippen LogP contribution < -0.4 is 16.4 Å². The lowest BCUT2D eigenvalue weighted by molar-refractivity contribution is -0.131. The fraction of sp³-hybridized carbons (Fsp3) is 0.833. The van der Waals surface area contributed by atoms with Crippen LogP contribution in [0.4, 0.5) is 0 Å². The van der Waals surface area contributed by atoms with Crippen LogP contribution >= 0.6 is 0 Å². The minimum absolute atomic E-state index is 0.118. The third kappa shape index (κ3) is 2.97. The third-order valence-electron chi connectivity index (χ3n) is 3.58. The molecule has 0 aliphatic heterocycles. The molecule has 0 saturated heterocycles. The van der Waals surface area contributed by atoms with Gasteiger partial charge in [-0.25, -0.2) is 0 Å². The van der Waals surface area contributed by atoms with Crippen molar-refractivity contribution in [3.05, 3.63) is 0 Å². The molecule has 0 radical (unpaired) electrons. The maximum atomic E-state index is 11.9. The molecule has 2 aliphatic rings. The van der Waals surface area contributed by atoms with E-state index in [2.05, 4.69) is 10.6 Å². The van der Waals surface area contributed by atoms with Gasteiger partial charge in [0, 0.05) is 6.04 Å². The Morgan fingerprint density at radius 3 is 2.35 bits per heavy atom. The van der Waals surface area contributed by atoms with Crippen molar-refractivity contribution >= 4 is 11.8 Å². The predicted octanol–water partition coefficient (Wildman–Crippen LogP) is -0.103.